The standard InChI is InChI=1S/C18H18FNO/c1-12(13-7-9-17(19)10-8-13)20-18(21)16-6-5-14-3-2-4-15(14)11-16/h5-12H,2-4H2,1H3,(H,20,21)/t12-/m0/s1. The minimum Gasteiger partial charge on any atom is -0.346 e. The van der Waals surface area contributed by atoms with Crippen LogP contribution >= 0.6 is 0 Å². The number of amides is 1. The maximum Gasteiger partial charge on any atom is 0.251 e. The van der Waals surface area contributed by atoms with Crippen LogP contribution in [-0.4, -0.2) is 5.91 Å². The van der Waals surface area contributed by atoms with Gasteiger partial charge in [-0.25, -0.2) is 4.39 Å². The molecular formula is C18H18FNO. The smallest absolute Gasteiger partial charge is 0.251 e. The van der Waals surface area contributed by atoms with E-state index in [9.17, 15) is 9.18 Å². The van der Waals surface area contributed by atoms with Crippen molar-refractivity contribution in [1.29, 1.82) is 0 Å². The maximum absolute atomic E-state index is 12.9. The van der Waals surface area contributed by atoms with Crippen LogP contribution in [0.2, 0.25) is 0 Å². The summed E-state index contributed by atoms with van der Waals surface area (Å²) >= 11 is 0. The molecule has 2 aromatic carbocycles. The van der Waals surface area contributed by atoms with E-state index in [-0.39, 0.29) is 17.8 Å². The fourth-order valence-electron chi connectivity index (χ4n) is 2.83. The molecule has 0 bridgehead atoms. The molecule has 1 N–H and O–H groups in total. The zero-order valence-electron chi connectivity index (χ0n) is 12.0. The normalized spacial score (nSPS) is 14.6. The molecule has 108 valence electrons. The molecule has 0 fully saturated rings. The lowest BCUT2D eigenvalue weighted by Crippen LogP contribution is -2.26. The second kappa shape index (κ2) is 5.68. The van der Waals surface area contributed by atoms with E-state index >= 15 is 0 Å². The number of halogens is 1. The molecule has 0 aliphatic heterocycles. The fourth-order valence-corrected chi connectivity index (χ4v) is 2.83. The Balaban J connectivity index is 1.72. The van der Waals surface area contributed by atoms with Gasteiger partial charge in [0.15, 0.2) is 0 Å². The number of aryl methyl sites for hydroxylation is 2. The van der Waals surface area contributed by atoms with E-state index in [0.717, 1.165) is 18.4 Å². The molecule has 3 heteroatoms. The number of nitrogens with one attached hydrogen (secondary N) is 1. The van der Waals surface area contributed by atoms with Gasteiger partial charge in [-0.15, -0.1) is 0 Å². The number of carbonyl (C=O) groups is 1. The van der Waals surface area contributed by atoms with Crippen LogP contribution in [0, 0.1) is 5.82 Å². The molecule has 1 aliphatic carbocycles. The van der Waals surface area contributed by atoms with Crippen molar-refractivity contribution < 1.29 is 9.18 Å². The molecule has 0 saturated heterocycles. The Morgan fingerprint density at radius 3 is 2.57 bits per heavy atom. The molecule has 0 aromatic heterocycles. The summed E-state index contributed by atoms with van der Waals surface area (Å²) in [5.41, 5.74) is 4.24. The van der Waals surface area contributed by atoms with Crippen molar-refractivity contribution >= 4 is 5.91 Å². The van der Waals surface area contributed by atoms with Crippen LogP contribution in [0.5, 0.6) is 0 Å². The van der Waals surface area contributed by atoms with Crippen molar-refractivity contribution in [1.82, 2.24) is 5.32 Å². The highest BCUT2D eigenvalue weighted by molar-refractivity contribution is 5.94. The summed E-state index contributed by atoms with van der Waals surface area (Å²) in [6, 6.07) is 12.0. The van der Waals surface area contributed by atoms with E-state index in [1.807, 2.05) is 19.1 Å². The van der Waals surface area contributed by atoms with Crippen molar-refractivity contribution in [3.63, 3.8) is 0 Å². The van der Waals surface area contributed by atoms with Gasteiger partial charge in [-0.3, -0.25) is 4.79 Å². The Hall–Kier alpha value is -2.16. The first kappa shape index (κ1) is 13.8. The summed E-state index contributed by atoms with van der Waals surface area (Å²) in [6.45, 7) is 1.90. The second-order valence-electron chi connectivity index (χ2n) is 5.58. The molecule has 1 atom stereocenters. The molecule has 2 aromatic rings. The maximum atomic E-state index is 12.9. The van der Waals surface area contributed by atoms with Crippen molar-refractivity contribution in [3.05, 3.63) is 70.5 Å². The third kappa shape index (κ3) is 2.97. The van der Waals surface area contributed by atoms with Gasteiger partial charge in [0.05, 0.1) is 6.04 Å². The van der Waals surface area contributed by atoms with Gasteiger partial charge >= 0.3 is 0 Å². The highest BCUT2D eigenvalue weighted by Gasteiger charge is 2.15. The van der Waals surface area contributed by atoms with Gasteiger partial charge < -0.3 is 5.32 Å². The first-order valence-electron chi connectivity index (χ1n) is 7.31. The average molecular weight is 283 g/mol. The van der Waals surface area contributed by atoms with Gasteiger partial charge in [0, 0.05) is 5.56 Å². The molecule has 1 amide bonds. The van der Waals surface area contributed by atoms with Gasteiger partial charge in [0.2, 0.25) is 0 Å². The first-order valence-corrected chi connectivity index (χ1v) is 7.31. The van der Waals surface area contributed by atoms with E-state index in [4.69, 9.17) is 0 Å². The number of benzene rings is 2. The largest absolute Gasteiger partial charge is 0.346 e. The summed E-state index contributed by atoms with van der Waals surface area (Å²) < 4.78 is 12.9. The van der Waals surface area contributed by atoms with Crippen molar-refractivity contribution in [2.75, 3.05) is 0 Å². The predicted molar refractivity (Wildman–Crippen MR) is 80.7 cm³/mol. The molecule has 0 saturated carbocycles. The topological polar surface area (TPSA) is 29.1 Å². The fraction of sp³-hybridized carbons (Fsp3) is 0.278. The van der Waals surface area contributed by atoms with Crippen LogP contribution in [0.15, 0.2) is 42.5 Å². The number of carbonyl (C=O) groups excluding carboxylic acids is 1. The third-order valence-corrected chi connectivity index (χ3v) is 4.08. The highest BCUT2D eigenvalue weighted by atomic mass is 19.1. The van der Waals surface area contributed by atoms with E-state index in [1.165, 1.54) is 29.7 Å². The number of fused-ring (bicyclic) bond motifs is 1. The van der Waals surface area contributed by atoms with Gasteiger partial charge in [-0.05, 0) is 67.1 Å². The second-order valence-corrected chi connectivity index (χ2v) is 5.58. The Kier molecular flexibility index (Phi) is 3.74. The van der Waals surface area contributed by atoms with E-state index in [0.29, 0.717) is 5.56 Å². The lowest BCUT2D eigenvalue weighted by Gasteiger charge is -2.15. The quantitative estimate of drug-likeness (QED) is 0.912. The Labute approximate surface area is 124 Å². The summed E-state index contributed by atoms with van der Waals surface area (Å²) in [5, 5.41) is 2.96. The van der Waals surface area contributed by atoms with Gasteiger partial charge in [0.25, 0.3) is 5.91 Å². The monoisotopic (exact) mass is 283 g/mol. The van der Waals surface area contributed by atoms with E-state index in [2.05, 4.69) is 11.4 Å². The van der Waals surface area contributed by atoms with Crippen LogP contribution in [0.3, 0.4) is 0 Å². The van der Waals surface area contributed by atoms with Crippen LogP contribution in [0.4, 0.5) is 4.39 Å². The minimum atomic E-state index is -0.268. The Bertz CT molecular complexity index is 663. The van der Waals surface area contributed by atoms with Crippen molar-refractivity contribution in [2.45, 2.75) is 32.2 Å². The molecular weight excluding hydrogens is 265 g/mol. The zero-order valence-corrected chi connectivity index (χ0v) is 12.0. The van der Waals surface area contributed by atoms with Crippen LogP contribution in [0.25, 0.3) is 0 Å². The van der Waals surface area contributed by atoms with Gasteiger partial charge in [-0.1, -0.05) is 18.2 Å². The summed E-state index contributed by atoms with van der Waals surface area (Å²) in [7, 11) is 0. The highest BCUT2D eigenvalue weighted by Crippen LogP contribution is 2.23. The molecule has 0 heterocycles. The van der Waals surface area contributed by atoms with Gasteiger partial charge in [-0.2, -0.15) is 0 Å². The van der Waals surface area contributed by atoms with Crippen molar-refractivity contribution in [3.8, 4) is 0 Å². The number of hydrogen-bond acceptors (Lipinski definition) is 1. The van der Waals surface area contributed by atoms with Crippen molar-refractivity contribution in [2.24, 2.45) is 0 Å². The molecule has 2 nitrogen and oxygen atoms in total. The van der Waals surface area contributed by atoms with E-state index in [1.54, 1.807) is 12.1 Å². The summed E-state index contributed by atoms with van der Waals surface area (Å²) in [4.78, 5) is 12.3. The molecule has 0 unspecified atom stereocenters. The Morgan fingerprint density at radius 1 is 1.10 bits per heavy atom. The zero-order chi connectivity index (χ0) is 14.8. The molecule has 0 radical (unpaired) electrons. The number of rotatable bonds is 3. The number of hydrogen-bond donors (Lipinski definition) is 1. The van der Waals surface area contributed by atoms with Gasteiger partial charge in [0.1, 0.15) is 5.82 Å². The van der Waals surface area contributed by atoms with E-state index < -0.39 is 0 Å². The molecule has 21 heavy (non-hydrogen) atoms. The van der Waals surface area contributed by atoms with Crippen LogP contribution in [0.1, 0.15) is 46.4 Å². The lowest BCUT2D eigenvalue weighted by atomic mass is 10.0. The first-order chi connectivity index (χ1) is 10.1. The summed E-state index contributed by atoms with van der Waals surface area (Å²) in [6.07, 6.45) is 3.35. The van der Waals surface area contributed by atoms with Crippen LogP contribution in [-0.2, 0) is 12.8 Å². The molecule has 0 spiro atoms. The predicted octanol–water partition coefficient (Wildman–Crippen LogP) is 3.81. The SMILES string of the molecule is C[C@H](NC(=O)c1ccc2c(c1)CCC2)c1ccc(F)cc1. The molecule has 1 aliphatic rings. The molecule has 3 rings (SSSR count). The average Bonchev–Trinajstić information content (AvgIpc) is 2.95. The van der Waals surface area contributed by atoms with Crippen LogP contribution < -0.4 is 5.32 Å². The minimum absolute atomic E-state index is 0.0819. The lowest BCUT2D eigenvalue weighted by molar-refractivity contribution is 0.0940. The third-order valence-electron chi connectivity index (χ3n) is 4.08. The summed E-state index contributed by atoms with van der Waals surface area (Å²) in [5.74, 6) is -0.350. The Morgan fingerprint density at radius 2 is 1.81 bits per heavy atom.